The number of furan rings is 1. The van der Waals surface area contributed by atoms with Gasteiger partial charge in [-0.05, 0) is 30.3 Å². The van der Waals surface area contributed by atoms with Crippen molar-refractivity contribution in [2.75, 3.05) is 5.32 Å². The van der Waals surface area contributed by atoms with E-state index in [0.717, 1.165) is 18.2 Å². The van der Waals surface area contributed by atoms with Gasteiger partial charge in [0.05, 0.1) is 6.26 Å². The zero-order valence-corrected chi connectivity index (χ0v) is 10.5. The van der Waals surface area contributed by atoms with E-state index in [0.29, 0.717) is 11.5 Å². The number of carbonyl (C=O) groups is 1. The minimum Gasteiger partial charge on any atom is -0.463 e. The van der Waals surface area contributed by atoms with Crippen LogP contribution in [0, 0.1) is 11.6 Å². The van der Waals surface area contributed by atoms with Crippen LogP contribution in [0.4, 0.5) is 14.7 Å². The fourth-order valence-electron chi connectivity index (χ4n) is 1.70. The Morgan fingerprint density at radius 1 is 1.14 bits per heavy atom. The van der Waals surface area contributed by atoms with Crippen molar-refractivity contribution in [3.8, 4) is 11.5 Å². The molecule has 0 atom stereocenters. The molecule has 1 aromatic carbocycles. The van der Waals surface area contributed by atoms with Crippen LogP contribution in [-0.4, -0.2) is 11.1 Å². The zero-order chi connectivity index (χ0) is 14.8. The van der Waals surface area contributed by atoms with Gasteiger partial charge in [-0.25, -0.2) is 8.78 Å². The molecule has 3 rings (SSSR count). The van der Waals surface area contributed by atoms with E-state index in [1.165, 1.54) is 12.3 Å². The maximum atomic E-state index is 13.1. The standard InChI is InChI=1S/C14H8F2N2O3/c15-9-4-3-8(6-10(9)16)14(19)17-13-7-11(18-21-13)12-2-1-5-20-12/h1-7H,(H,17,19). The number of hydrogen-bond donors (Lipinski definition) is 1. The number of anilines is 1. The largest absolute Gasteiger partial charge is 0.463 e. The molecule has 7 heteroatoms. The monoisotopic (exact) mass is 290 g/mol. The Labute approximate surface area is 117 Å². The fourth-order valence-corrected chi connectivity index (χ4v) is 1.70. The summed E-state index contributed by atoms with van der Waals surface area (Å²) in [6.07, 6.45) is 1.48. The third-order valence-corrected chi connectivity index (χ3v) is 2.70. The average Bonchev–Trinajstić information content (AvgIpc) is 3.12. The van der Waals surface area contributed by atoms with Crippen LogP contribution in [0.1, 0.15) is 10.4 Å². The molecule has 0 aliphatic rings. The molecule has 21 heavy (non-hydrogen) atoms. The second kappa shape index (κ2) is 5.20. The summed E-state index contributed by atoms with van der Waals surface area (Å²) < 4.78 is 35.9. The Bertz CT molecular complexity index is 781. The van der Waals surface area contributed by atoms with E-state index in [1.807, 2.05) is 0 Å². The van der Waals surface area contributed by atoms with E-state index < -0.39 is 17.5 Å². The third-order valence-electron chi connectivity index (χ3n) is 2.70. The molecule has 0 unspecified atom stereocenters. The summed E-state index contributed by atoms with van der Waals surface area (Å²) in [5.41, 5.74) is 0.366. The van der Waals surface area contributed by atoms with E-state index in [9.17, 15) is 13.6 Å². The zero-order valence-electron chi connectivity index (χ0n) is 10.5. The highest BCUT2D eigenvalue weighted by molar-refractivity contribution is 6.03. The molecular formula is C14H8F2N2O3. The highest BCUT2D eigenvalue weighted by atomic mass is 19.2. The average molecular weight is 290 g/mol. The number of amides is 1. The van der Waals surface area contributed by atoms with E-state index in [1.54, 1.807) is 12.1 Å². The summed E-state index contributed by atoms with van der Waals surface area (Å²) in [5.74, 6) is -2.22. The summed E-state index contributed by atoms with van der Waals surface area (Å²) in [4.78, 5) is 11.9. The fraction of sp³-hybridized carbons (Fsp3) is 0. The first-order chi connectivity index (χ1) is 10.1. The Balaban J connectivity index is 1.77. The van der Waals surface area contributed by atoms with Crippen LogP contribution in [0.25, 0.3) is 11.5 Å². The minimum absolute atomic E-state index is 0.0372. The number of hydrogen-bond acceptors (Lipinski definition) is 4. The van der Waals surface area contributed by atoms with Gasteiger partial charge in [-0.15, -0.1) is 0 Å². The van der Waals surface area contributed by atoms with Crippen molar-refractivity contribution in [3.05, 3.63) is 59.9 Å². The van der Waals surface area contributed by atoms with Gasteiger partial charge in [0.1, 0.15) is 0 Å². The Hall–Kier alpha value is -2.96. The van der Waals surface area contributed by atoms with Crippen molar-refractivity contribution >= 4 is 11.8 Å². The molecule has 0 aliphatic heterocycles. The molecule has 1 N–H and O–H groups in total. The van der Waals surface area contributed by atoms with Crippen LogP contribution in [0.15, 0.2) is 51.6 Å². The molecule has 106 valence electrons. The maximum Gasteiger partial charge on any atom is 0.258 e. The number of carbonyl (C=O) groups excluding carboxylic acids is 1. The number of rotatable bonds is 3. The Morgan fingerprint density at radius 2 is 2.00 bits per heavy atom. The van der Waals surface area contributed by atoms with Gasteiger partial charge in [0.2, 0.25) is 5.88 Å². The van der Waals surface area contributed by atoms with Gasteiger partial charge < -0.3 is 8.94 Å². The van der Waals surface area contributed by atoms with Crippen LogP contribution in [0.3, 0.4) is 0 Å². The van der Waals surface area contributed by atoms with Gasteiger partial charge in [0.25, 0.3) is 5.91 Å². The first kappa shape index (κ1) is 13.0. The molecule has 0 saturated carbocycles. The Morgan fingerprint density at radius 3 is 2.71 bits per heavy atom. The van der Waals surface area contributed by atoms with Crippen molar-refractivity contribution in [1.29, 1.82) is 0 Å². The molecule has 0 saturated heterocycles. The van der Waals surface area contributed by atoms with E-state index in [2.05, 4.69) is 10.5 Å². The summed E-state index contributed by atoms with van der Waals surface area (Å²) >= 11 is 0. The van der Waals surface area contributed by atoms with Crippen molar-refractivity contribution in [3.63, 3.8) is 0 Å². The van der Waals surface area contributed by atoms with Crippen molar-refractivity contribution in [1.82, 2.24) is 5.16 Å². The first-order valence-electron chi connectivity index (χ1n) is 5.90. The van der Waals surface area contributed by atoms with E-state index >= 15 is 0 Å². The van der Waals surface area contributed by atoms with E-state index in [4.69, 9.17) is 8.94 Å². The normalized spacial score (nSPS) is 10.6. The van der Waals surface area contributed by atoms with Gasteiger partial charge in [0.15, 0.2) is 23.1 Å². The summed E-state index contributed by atoms with van der Waals surface area (Å²) in [6.45, 7) is 0. The lowest BCUT2D eigenvalue weighted by Crippen LogP contribution is -2.11. The first-order valence-corrected chi connectivity index (χ1v) is 5.90. The van der Waals surface area contributed by atoms with Crippen molar-refractivity contribution < 1.29 is 22.5 Å². The van der Waals surface area contributed by atoms with Crippen LogP contribution in [0.5, 0.6) is 0 Å². The number of aromatic nitrogens is 1. The lowest BCUT2D eigenvalue weighted by Gasteiger charge is -2.01. The maximum absolute atomic E-state index is 13.1. The third kappa shape index (κ3) is 2.66. The highest BCUT2D eigenvalue weighted by Gasteiger charge is 2.14. The summed E-state index contributed by atoms with van der Waals surface area (Å²) in [7, 11) is 0. The summed E-state index contributed by atoms with van der Waals surface area (Å²) in [5, 5.41) is 6.11. The number of benzene rings is 1. The predicted molar refractivity (Wildman–Crippen MR) is 68.5 cm³/mol. The second-order valence-electron chi connectivity index (χ2n) is 4.14. The molecular weight excluding hydrogens is 282 g/mol. The molecule has 3 aromatic rings. The van der Waals surface area contributed by atoms with Crippen molar-refractivity contribution in [2.45, 2.75) is 0 Å². The topological polar surface area (TPSA) is 68.3 Å². The Kier molecular flexibility index (Phi) is 3.23. The van der Waals surface area contributed by atoms with Gasteiger partial charge in [-0.2, -0.15) is 0 Å². The van der Waals surface area contributed by atoms with Gasteiger partial charge in [-0.1, -0.05) is 5.16 Å². The van der Waals surface area contributed by atoms with Crippen molar-refractivity contribution in [2.24, 2.45) is 0 Å². The second-order valence-corrected chi connectivity index (χ2v) is 4.14. The molecule has 5 nitrogen and oxygen atoms in total. The summed E-state index contributed by atoms with van der Waals surface area (Å²) in [6, 6.07) is 7.66. The highest BCUT2D eigenvalue weighted by Crippen LogP contribution is 2.22. The quantitative estimate of drug-likeness (QED) is 0.802. The molecule has 0 radical (unpaired) electrons. The lowest BCUT2D eigenvalue weighted by molar-refractivity contribution is 0.102. The van der Waals surface area contributed by atoms with Gasteiger partial charge >= 0.3 is 0 Å². The molecule has 0 fully saturated rings. The molecule has 2 aromatic heterocycles. The lowest BCUT2D eigenvalue weighted by atomic mass is 10.2. The smallest absolute Gasteiger partial charge is 0.258 e. The van der Waals surface area contributed by atoms with E-state index in [-0.39, 0.29) is 11.4 Å². The van der Waals surface area contributed by atoms with Crippen LogP contribution >= 0.6 is 0 Å². The number of halogens is 2. The number of nitrogens with zero attached hydrogens (tertiary/aromatic N) is 1. The molecule has 0 bridgehead atoms. The van der Waals surface area contributed by atoms with Crippen LogP contribution < -0.4 is 5.32 Å². The van der Waals surface area contributed by atoms with Gasteiger partial charge in [-0.3, -0.25) is 10.1 Å². The molecule has 1 amide bonds. The van der Waals surface area contributed by atoms with Crippen LogP contribution in [0.2, 0.25) is 0 Å². The van der Waals surface area contributed by atoms with Gasteiger partial charge in [0, 0.05) is 11.6 Å². The molecule has 0 aliphatic carbocycles. The van der Waals surface area contributed by atoms with Crippen LogP contribution in [-0.2, 0) is 0 Å². The number of nitrogens with one attached hydrogen (secondary N) is 1. The predicted octanol–water partition coefficient (Wildman–Crippen LogP) is 3.47. The SMILES string of the molecule is O=C(Nc1cc(-c2ccco2)no1)c1ccc(F)c(F)c1. The molecule has 2 heterocycles. The molecule has 0 spiro atoms. The minimum atomic E-state index is -1.10.